The van der Waals surface area contributed by atoms with Crippen molar-refractivity contribution in [3.63, 3.8) is 0 Å². The van der Waals surface area contributed by atoms with Gasteiger partial charge in [0, 0.05) is 0 Å². The Bertz CT molecular complexity index is 657. The third kappa shape index (κ3) is 8.11. The van der Waals surface area contributed by atoms with Crippen molar-refractivity contribution in [3.8, 4) is 5.75 Å². The second kappa shape index (κ2) is 14.7. The van der Waals surface area contributed by atoms with Gasteiger partial charge in [-0.05, 0) is 31.4 Å². The van der Waals surface area contributed by atoms with Gasteiger partial charge < -0.3 is 9.47 Å². The Labute approximate surface area is 191 Å². The molecule has 6 heteroatoms. The smallest absolute Gasteiger partial charge is 0.328 e. The first-order chi connectivity index (χ1) is 14.4. The summed E-state index contributed by atoms with van der Waals surface area (Å²) in [5, 5.41) is 0.435. The van der Waals surface area contributed by atoms with Crippen molar-refractivity contribution in [1.82, 2.24) is 0 Å². The number of hydrogen-bond acceptors (Lipinski definition) is 4. The van der Waals surface area contributed by atoms with E-state index in [4.69, 9.17) is 32.7 Å². The Hall–Kier alpha value is -1.26. The number of carbonyl (C=O) groups excluding carboxylic acids is 2. The van der Waals surface area contributed by atoms with E-state index in [0.29, 0.717) is 6.61 Å². The molecule has 0 spiro atoms. The van der Waals surface area contributed by atoms with Gasteiger partial charge in [-0.3, -0.25) is 9.59 Å². The highest BCUT2D eigenvalue weighted by molar-refractivity contribution is 6.43. The summed E-state index contributed by atoms with van der Waals surface area (Å²) in [6, 6.07) is 4.79. The molecule has 0 heterocycles. The van der Waals surface area contributed by atoms with Crippen molar-refractivity contribution in [1.29, 1.82) is 0 Å². The van der Waals surface area contributed by atoms with Gasteiger partial charge in [0.25, 0.3) is 0 Å². The van der Waals surface area contributed by atoms with Crippen LogP contribution in [0.3, 0.4) is 0 Å². The minimum atomic E-state index is -1.34. The molecule has 0 saturated heterocycles. The van der Waals surface area contributed by atoms with Gasteiger partial charge >= 0.3 is 11.9 Å². The summed E-state index contributed by atoms with van der Waals surface area (Å²) in [6.45, 7) is 6.11. The normalized spacial score (nSPS) is 11.4. The van der Waals surface area contributed by atoms with E-state index < -0.39 is 17.4 Å². The molecule has 0 aromatic heterocycles. The summed E-state index contributed by atoms with van der Waals surface area (Å²) in [6.07, 6.45) is 11.2. The SMILES string of the molecule is CCCCCCCCCCCOC(=O)C(CC)(CC)C(=O)Oc1cccc(Cl)c1Cl. The Balaban J connectivity index is 2.49. The van der Waals surface area contributed by atoms with E-state index in [2.05, 4.69) is 6.92 Å². The largest absolute Gasteiger partial charge is 0.465 e. The zero-order valence-electron chi connectivity index (χ0n) is 18.6. The maximum atomic E-state index is 12.9. The predicted molar refractivity (Wildman–Crippen MR) is 123 cm³/mol. The van der Waals surface area contributed by atoms with Crippen LogP contribution in [-0.4, -0.2) is 18.5 Å². The summed E-state index contributed by atoms with van der Waals surface area (Å²) in [7, 11) is 0. The van der Waals surface area contributed by atoms with Crippen LogP contribution in [0.4, 0.5) is 0 Å². The number of unbranched alkanes of at least 4 members (excludes halogenated alkanes) is 8. The second-order valence-electron chi connectivity index (χ2n) is 7.70. The van der Waals surface area contributed by atoms with Crippen LogP contribution in [-0.2, 0) is 14.3 Å². The van der Waals surface area contributed by atoms with Gasteiger partial charge in [-0.1, -0.05) is 101 Å². The maximum Gasteiger partial charge on any atom is 0.328 e. The van der Waals surface area contributed by atoms with Crippen LogP contribution in [0, 0.1) is 5.41 Å². The minimum absolute atomic E-state index is 0.146. The van der Waals surface area contributed by atoms with Crippen LogP contribution in [0.1, 0.15) is 91.4 Å². The lowest BCUT2D eigenvalue weighted by Gasteiger charge is -2.27. The molecule has 170 valence electrons. The predicted octanol–water partition coefficient (Wildman–Crippen LogP) is 7.78. The summed E-state index contributed by atoms with van der Waals surface area (Å²) in [5.41, 5.74) is -1.34. The van der Waals surface area contributed by atoms with Crippen molar-refractivity contribution >= 4 is 35.1 Å². The number of benzene rings is 1. The van der Waals surface area contributed by atoms with Crippen LogP contribution >= 0.6 is 23.2 Å². The highest BCUT2D eigenvalue weighted by atomic mass is 35.5. The third-order valence-electron chi connectivity index (χ3n) is 5.59. The number of ether oxygens (including phenoxy) is 2. The average Bonchev–Trinajstić information content (AvgIpc) is 2.74. The topological polar surface area (TPSA) is 52.6 Å². The summed E-state index contributed by atoms with van der Waals surface area (Å²) < 4.78 is 10.9. The molecule has 4 nitrogen and oxygen atoms in total. The molecule has 0 bridgehead atoms. The average molecular weight is 459 g/mol. The van der Waals surface area contributed by atoms with Crippen LogP contribution in [0.15, 0.2) is 18.2 Å². The van der Waals surface area contributed by atoms with Crippen molar-refractivity contribution in [2.45, 2.75) is 91.4 Å². The molecule has 0 fully saturated rings. The van der Waals surface area contributed by atoms with Gasteiger partial charge in [0.15, 0.2) is 11.2 Å². The lowest BCUT2D eigenvalue weighted by molar-refractivity contribution is -0.168. The molecule has 0 aliphatic heterocycles. The van der Waals surface area contributed by atoms with Gasteiger partial charge in [0.05, 0.1) is 11.6 Å². The zero-order valence-corrected chi connectivity index (χ0v) is 20.1. The molecule has 1 aromatic rings. The van der Waals surface area contributed by atoms with Crippen molar-refractivity contribution in [2.75, 3.05) is 6.61 Å². The molecule has 1 rings (SSSR count). The fourth-order valence-corrected chi connectivity index (χ4v) is 3.72. The summed E-state index contributed by atoms with van der Waals surface area (Å²) in [4.78, 5) is 25.6. The number of halogens is 2. The van der Waals surface area contributed by atoms with Crippen LogP contribution in [0.2, 0.25) is 10.0 Å². The highest BCUT2D eigenvalue weighted by Gasteiger charge is 2.46. The quantitative estimate of drug-likeness (QED) is 0.116. The van der Waals surface area contributed by atoms with Gasteiger partial charge in [0.1, 0.15) is 5.02 Å². The lowest BCUT2D eigenvalue weighted by Crippen LogP contribution is -2.42. The first kappa shape index (κ1) is 26.8. The van der Waals surface area contributed by atoms with Crippen molar-refractivity contribution in [3.05, 3.63) is 28.2 Å². The molecule has 0 N–H and O–H groups in total. The summed E-state index contributed by atoms with van der Waals surface area (Å²) >= 11 is 12.1. The maximum absolute atomic E-state index is 12.9. The molecule has 1 aromatic carbocycles. The number of rotatable bonds is 15. The zero-order chi connectivity index (χ0) is 22.4. The molecule has 0 aliphatic carbocycles. The number of carbonyl (C=O) groups is 2. The van der Waals surface area contributed by atoms with E-state index >= 15 is 0 Å². The van der Waals surface area contributed by atoms with Gasteiger partial charge in [-0.15, -0.1) is 0 Å². The van der Waals surface area contributed by atoms with E-state index in [0.717, 1.165) is 19.3 Å². The summed E-state index contributed by atoms with van der Waals surface area (Å²) in [5.74, 6) is -1.05. The molecular formula is C24H36Cl2O4. The first-order valence-electron chi connectivity index (χ1n) is 11.3. The Morgan fingerprint density at radius 1 is 0.833 bits per heavy atom. The van der Waals surface area contributed by atoms with E-state index in [1.54, 1.807) is 32.0 Å². The Morgan fingerprint density at radius 3 is 1.97 bits per heavy atom. The van der Waals surface area contributed by atoms with E-state index in [-0.39, 0.29) is 28.6 Å². The van der Waals surface area contributed by atoms with Crippen LogP contribution in [0.25, 0.3) is 0 Å². The molecule has 0 aliphatic rings. The third-order valence-corrected chi connectivity index (χ3v) is 6.39. The molecule has 0 amide bonds. The standard InChI is InChI=1S/C24H36Cl2O4/c1-4-7-8-9-10-11-12-13-14-18-29-22(27)24(5-2,6-3)23(28)30-20-17-15-16-19(25)21(20)26/h15-17H,4-14,18H2,1-3H3. The Kier molecular flexibility index (Phi) is 13.1. The van der Waals surface area contributed by atoms with Gasteiger partial charge in [-0.25, -0.2) is 0 Å². The molecule has 30 heavy (non-hydrogen) atoms. The number of hydrogen-bond donors (Lipinski definition) is 0. The monoisotopic (exact) mass is 458 g/mol. The molecule has 0 radical (unpaired) electrons. The number of esters is 2. The second-order valence-corrected chi connectivity index (χ2v) is 8.48. The van der Waals surface area contributed by atoms with E-state index in [1.807, 2.05) is 0 Å². The van der Waals surface area contributed by atoms with E-state index in [9.17, 15) is 9.59 Å². The molecule has 0 atom stereocenters. The minimum Gasteiger partial charge on any atom is -0.465 e. The van der Waals surface area contributed by atoms with Crippen molar-refractivity contribution < 1.29 is 19.1 Å². The van der Waals surface area contributed by atoms with Crippen LogP contribution < -0.4 is 4.74 Å². The van der Waals surface area contributed by atoms with Gasteiger partial charge in [0.2, 0.25) is 0 Å². The molecule has 0 unspecified atom stereocenters. The fourth-order valence-electron chi connectivity index (χ4n) is 3.39. The fraction of sp³-hybridized carbons (Fsp3) is 0.667. The van der Waals surface area contributed by atoms with Gasteiger partial charge in [-0.2, -0.15) is 0 Å². The van der Waals surface area contributed by atoms with Crippen LogP contribution in [0.5, 0.6) is 5.75 Å². The van der Waals surface area contributed by atoms with E-state index in [1.165, 1.54) is 38.5 Å². The lowest BCUT2D eigenvalue weighted by atomic mass is 9.82. The van der Waals surface area contributed by atoms with Crippen molar-refractivity contribution in [2.24, 2.45) is 5.41 Å². The molecule has 0 saturated carbocycles. The highest BCUT2D eigenvalue weighted by Crippen LogP contribution is 2.35. The Morgan fingerprint density at radius 2 is 1.40 bits per heavy atom. The molecular weight excluding hydrogens is 423 g/mol. The first-order valence-corrected chi connectivity index (χ1v) is 12.0.